The summed E-state index contributed by atoms with van der Waals surface area (Å²) < 4.78 is 42.3. The van der Waals surface area contributed by atoms with Crippen LogP contribution in [0.5, 0.6) is 11.5 Å². The Labute approximate surface area is 112 Å². The lowest BCUT2D eigenvalue weighted by atomic mass is 10.1. The minimum Gasteiger partial charge on any atom is -0.504 e. The topological polar surface area (TPSA) is 70.0 Å². The first kappa shape index (κ1) is 14.4. The van der Waals surface area contributed by atoms with Gasteiger partial charge in [-0.05, 0) is 12.1 Å². The van der Waals surface area contributed by atoms with Crippen LogP contribution < -0.4 is 0 Å². The number of carbonyl (C=O) groups is 1. The summed E-state index contributed by atoms with van der Waals surface area (Å²) in [6.45, 7) is -0.895. The lowest BCUT2D eigenvalue weighted by Gasteiger charge is -2.33. The van der Waals surface area contributed by atoms with Gasteiger partial charge < -0.3 is 19.8 Å². The maximum Gasteiger partial charge on any atom is 0.416 e. The van der Waals surface area contributed by atoms with Gasteiger partial charge >= 0.3 is 6.18 Å². The zero-order valence-electron chi connectivity index (χ0n) is 10.2. The smallest absolute Gasteiger partial charge is 0.416 e. The van der Waals surface area contributed by atoms with Crippen molar-refractivity contribution in [2.45, 2.75) is 12.3 Å². The molecule has 0 saturated carbocycles. The molecule has 110 valence electrons. The summed E-state index contributed by atoms with van der Waals surface area (Å²) >= 11 is 0. The SMILES string of the molecule is O=C(c1cccc(O)c1O)N1CCOC(C(F)(F)F)C1. The molecule has 20 heavy (non-hydrogen) atoms. The van der Waals surface area contributed by atoms with Crippen LogP contribution >= 0.6 is 0 Å². The van der Waals surface area contributed by atoms with Crippen molar-refractivity contribution in [3.63, 3.8) is 0 Å². The van der Waals surface area contributed by atoms with Gasteiger partial charge in [-0.1, -0.05) is 6.07 Å². The maximum absolute atomic E-state index is 12.6. The van der Waals surface area contributed by atoms with E-state index in [-0.39, 0.29) is 18.7 Å². The van der Waals surface area contributed by atoms with E-state index < -0.39 is 36.2 Å². The third-order valence-electron chi connectivity index (χ3n) is 2.96. The van der Waals surface area contributed by atoms with Crippen LogP contribution in [0.15, 0.2) is 18.2 Å². The van der Waals surface area contributed by atoms with Gasteiger partial charge in [-0.3, -0.25) is 4.79 Å². The Hall–Kier alpha value is -1.96. The van der Waals surface area contributed by atoms with E-state index in [1.165, 1.54) is 18.2 Å². The molecule has 5 nitrogen and oxygen atoms in total. The van der Waals surface area contributed by atoms with Crippen molar-refractivity contribution in [3.05, 3.63) is 23.8 Å². The number of rotatable bonds is 1. The largest absolute Gasteiger partial charge is 0.504 e. The quantitative estimate of drug-likeness (QED) is 0.769. The summed E-state index contributed by atoms with van der Waals surface area (Å²) in [7, 11) is 0. The summed E-state index contributed by atoms with van der Waals surface area (Å²) in [4.78, 5) is 13.0. The second-order valence-electron chi connectivity index (χ2n) is 4.33. The Bertz CT molecular complexity index is 518. The third kappa shape index (κ3) is 2.79. The van der Waals surface area contributed by atoms with Crippen LogP contribution in [0.2, 0.25) is 0 Å². The first-order chi connectivity index (χ1) is 9.30. The molecule has 1 atom stereocenters. The molecule has 1 fully saturated rings. The van der Waals surface area contributed by atoms with Gasteiger partial charge in [0.05, 0.1) is 18.7 Å². The number of aromatic hydroxyl groups is 2. The lowest BCUT2D eigenvalue weighted by molar-refractivity contribution is -0.233. The molecule has 1 aromatic rings. The van der Waals surface area contributed by atoms with Gasteiger partial charge in [0.2, 0.25) is 0 Å². The number of hydrogen-bond acceptors (Lipinski definition) is 4. The first-order valence-electron chi connectivity index (χ1n) is 5.79. The molecule has 1 saturated heterocycles. The van der Waals surface area contributed by atoms with Crippen molar-refractivity contribution < 1.29 is 32.9 Å². The highest BCUT2D eigenvalue weighted by atomic mass is 19.4. The Morgan fingerprint density at radius 3 is 2.70 bits per heavy atom. The fourth-order valence-electron chi connectivity index (χ4n) is 1.91. The highest BCUT2D eigenvalue weighted by molar-refractivity contribution is 5.97. The maximum atomic E-state index is 12.6. The lowest BCUT2D eigenvalue weighted by Crippen LogP contribution is -2.51. The normalized spacial score (nSPS) is 19.9. The monoisotopic (exact) mass is 291 g/mol. The van der Waals surface area contributed by atoms with Crippen LogP contribution in [0.3, 0.4) is 0 Å². The molecule has 0 spiro atoms. The second-order valence-corrected chi connectivity index (χ2v) is 4.33. The fourth-order valence-corrected chi connectivity index (χ4v) is 1.91. The van der Waals surface area contributed by atoms with E-state index in [9.17, 15) is 28.2 Å². The number of carbonyl (C=O) groups excluding carboxylic acids is 1. The van der Waals surface area contributed by atoms with Gasteiger partial charge in [0.1, 0.15) is 0 Å². The molecule has 1 amide bonds. The van der Waals surface area contributed by atoms with E-state index in [0.29, 0.717) is 0 Å². The summed E-state index contributed by atoms with van der Waals surface area (Å²) in [6.07, 6.45) is -6.60. The van der Waals surface area contributed by atoms with Crippen LogP contribution in [-0.4, -0.2) is 53.0 Å². The predicted octanol–water partition coefficient (Wildman–Crippen LogP) is 1.50. The summed E-state index contributed by atoms with van der Waals surface area (Å²) in [5.74, 6) is -1.93. The van der Waals surface area contributed by atoms with Crippen molar-refractivity contribution in [2.24, 2.45) is 0 Å². The van der Waals surface area contributed by atoms with E-state index in [2.05, 4.69) is 4.74 Å². The highest BCUT2D eigenvalue weighted by Crippen LogP contribution is 2.31. The summed E-state index contributed by atoms with van der Waals surface area (Å²) in [5, 5.41) is 18.9. The van der Waals surface area contributed by atoms with E-state index in [1.807, 2.05) is 0 Å². The van der Waals surface area contributed by atoms with Crippen LogP contribution in [0.25, 0.3) is 0 Å². The van der Waals surface area contributed by atoms with Crippen LogP contribution in [-0.2, 0) is 4.74 Å². The minimum absolute atomic E-state index is 0.0134. The standard InChI is InChI=1S/C12H12F3NO4/c13-12(14,15)9-6-16(4-5-20-9)11(19)7-2-1-3-8(17)10(7)18/h1-3,9,17-18H,4-6H2. The van der Waals surface area contributed by atoms with Gasteiger partial charge in [0.25, 0.3) is 5.91 Å². The molecule has 0 aliphatic carbocycles. The van der Waals surface area contributed by atoms with Crippen molar-refractivity contribution in [1.29, 1.82) is 0 Å². The van der Waals surface area contributed by atoms with Crippen molar-refractivity contribution in [1.82, 2.24) is 4.90 Å². The summed E-state index contributed by atoms with van der Waals surface area (Å²) in [6, 6.07) is 3.73. The number of para-hydroxylation sites is 1. The zero-order valence-corrected chi connectivity index (χ0v) is 10.2. The van der Waals surface area contributed by atoms with Crippen molar-refractivity contribution >= 4 is 5.91 Å². The molecule has 1 aliphatic rings. The van der Waals surface area contributed by atoms with Gasteiger partial charge in [-0.2, -0.15) is 13.2 Å². The van der Waals surface area contributed by atoms with Gasteiger partial charge in [0, 0.05) is 6.54 Å². The van der Waals surface area contributed by atoms with Gasteiger partial charge in [-0.15, -0.1) is 0 Å². The van der Waals surface area contributed by atoms with E-state index in [0.717, 1.165) is 4.90 Å². The number of ether oxygens (including phenoxy) is 1. The number of phenols is 2. The van der Waals surface area contributed by atoms with Gasteiger partial charge in [0.15, 0.2) is 17.6 Å². The predicted molar refractivity (Wildman–Crippen MR) is 61.5 cm³/mol. The molecule has 1 unspecified atom stereocenters. The number of amides is 1. The summed E-state index contributed by atoms with van der Waals surface area (Å²) in [5.41, 5.74) is -0.243. The molecule has 0 aromatic heterocycles. The average Bonchev–Trinajstić information content (AvgIpc) is 2.40. The molecule has 1 aromatic carbocycles. The Balaban J connectivity index is 2.19. The number of benzene rings is 1. The van der Waals surface area contributed by atoms with Crippen molar-refractivity contribution in [2.75, 3.05) is 19.7 Å². The Kier molecular flexibility index (Phi) is 3.76. The fraction of sp³-hybridized carbons (Fsp3) is 0.417. The van der Waals surface area contributed by atoms with Crippen LogP contribution in [0.1, 0.15) is 10.4 Å². The Morgan fingerprint density at radius 2 is 2.05 bits per heavy atom. The van der Waals surface area contributed by atoms with E-state index in [4.69, 9.17) is 0 Å². The van der Waals surface area contributed by atoms with E-state index in [1.54, 1.807) is 0 Å². The highest BCUT2D eigenvalue weighted by Gasteiger charge is 2.44. The van der Waals surface area contributed by atoms with Crippen LogP contribution in [0, 0.1) is 0 Å². The molecule has 0 radical (unpaired) electrons. The molecule has 2 N–H and O–H groups in total. The third-order valence-corrected chi connectivity index (χ3v) is 2.96. The molecule has 1 heterocycles. The molecule has 2 rings (SSSR count). The average molecular weight is 291 g/mol. The molecular formula is C12H12F3NO4. The van der Waals surface area contributed by atoms with Crippen LogP contribution in [0.4, 0.5) is 13.2 Å². The van der Waals surface area contributed by atoms with Crippen molar-refractivity contribution in [3.8, 4) is 11.5 Å². The molecule has 8 heteroatoms. The first-order valence-corrected chi connectivity index (χ1v) is 5.79. The number of halogens is 3. The van der Waals surface area contributed by atoms with E-state index >= 15 is 0 Å². The molecule has 1 aliphatic heterocycles. The zero-order chi connectivity index (χ0) is 14.9. The molecular weight excluding hydrogens is 279 g/mol. The second kappa shape index (κ2) is 5.20. The van der Waals surface area contributed by atoms with Gasteiger partial charge in [-0.25, -0.2) is 0 Å². The number of nitrogens with zero attached hydrogens (tertiary/aromatic N) is 1. The Morgan fingerprint density at radius 1 is 1.35 bits per heavy atom. The number of morpholine rings is 1. The number of alkyl halides is 3. The number of phenolic OH excluding ortho intramolecular Hbond substituents is 2. The number of hydrogen-bond donors (Lipinski definition) is 2. The minimum atomic E-state index is -4.56. The molecule has 0 bridgehead atoms.